The third-order valence-corrected chi connectivity index (χ3v) is 8.03. The standard InChI is InChI=1S/C29H27ClN2O6S/c1-4-5-6-7-14-37-19-11-8-17(9-12-19)23-22-24(33)20-15-18(30)10-13-21(20)38-25(22)27(34)32(23)29-31-16(2)26(39-29)28(35)36-3/h8-13,15,23H,4-7,14H2,1-3H3. The van der Waals surface area contributed by atoms with E-state index in [1.54, 1.807) is 19.1 Å². The van der Waals surface area contributed by atoms with E-state index in [-0.39, 0.29) is 37.7 Å². The summed E-state index contributed by atoms with van der Waals surface area (Å²) in [6.45, 7) is 4.44. The molecule has 0 spiro atoms. The number of aryl methyl sites for hydroxylation is 1. The number of fused-ring (bicyclic) bond motifs is 2. The van der Waals surface area contributed by atoms with E-state index in [1.165, 1.54) is 24.5 Å². The second kappa shape index (κ2) is 11.2. The average molecular weight is 567 g/mol. The predicted octanol–water partition coefficient (Wildman–Crippen LogP) is 6.71. The Bertz CT molecular complexity index is 1610. The van der Waals surface area contributed by atoms with Crippen LogP contribution in [0, 0.1) is 6.92 Å². The second-order valence-electron chi connectivity index (χ2n) is 9.27. The molecule has 0 radical (unpaired) electrons. The van der Waals surface area contributed by atoms with Crippen LogP contribution in [-0.2, 0) is 4.74 Å². The van der Waals surface area contributed by atoms with Crippen molar-refractivity contribution in [2.75, 3.05) is 18.6 Å². The van der Waals surface area contributed by atoms with Crippen molar-refractivity contribution in [1.82, 2.24) is 4.98 Å². The Morgan fingerprint density at radius 3 is 2.62 bits per heavy atom. The van der Waals surface area contributed by atoms with E-state index in [0.717, 1.165) is 30.6 Å². The lowest BCUT2D eigenvalue weighted by atomic mass is 9.98. The minimum absolute atomic E-state index is 0.0662. The van der Waals surface area contributed by atoms with Crippen LogP contribution in [0.3, 0.4) is 0 Å². The molecule has 1 unspecified atom stereocenters. The van der Waals surface area contributed by atoms with Gasteiger partial charge < -0.3 is 13.9 Å². The molecule has 1 atom stereocenters. The number of halogens is 1. The number of carbonyl (C=O) groups is 2. The number of rotatable bonds is 9. The molecule has 0 saturated carbocycles. The Balaban J connectivity index is 1.59. The quantitative estimate of drug-likeness (QED) is 0.164. The zero-order valence-corrected chi connectivity index (χ0v) is 23.4. The van der Waals surface area contributed by atoms with Crippen LogP contribution in [0.15, 0.2) is 51.7 Å². The Morgan fingerprint density at radius 1 is 1.13 bits per heavy atom. The molecule has 1 aliphatic heterocycles. The smallest absolute Gasteiger partial charge is 0.350 e. The summed E-state index contributed by atoms with van der Waals surface area (Å²) >= 11 is 7.20. The maximum absolute atomic E-state index is 13.8. The van der Waals surface area contributed by atoms with Crippen LogP contribution < -0.4 is 15.1 Å². The predicted molar refractivity (Wildman–Crippen MR) is 150 cm³/mol. The van der Waals surface area contributed by atoms with Crippen molar-refractivity contribution in [1.29, 1.82) is 0 Å². The van der Waals surface area contributed by atoms with Gasteiger partial charge in [0.2, 0.25) is 5.76 Å². The van der Waals surface area contributed by atoms with Gasteiger partial charge in [-0.05, 0) is 49.2 Å². The number of esters is 1. The third kappa shape index (κ3) is 5.04. The van der Waals surface area contributed by atoms with Crippen molar-refractivity contribution < 1.29 is 23.5 Å². The molecule has 0 saturated heterocycles. The first-order valence-electron chi connectivity index (χ1n) is 12.7. The number of carbonyl (C=O) groups excluding carboxylic acids is 2. The zero-order valence-electron chi connectivity index (χ0n) is 21.8. The van der Waals surface area contributed by atoms with Crippen LogP contribution in [0.4, 0.5) is 5.13 Å². The molecule has 2 aromatic heterocycles. The highest BCUT2D eigenvalue weighted by Gasteiger charge is 2.45. The molecule has 10 heteroatoms. The fraction of sp³-hybridized carbons (Fsp3) is 0.310. The number of benzene rings is 2. The van der Waals surface area contributed by atoms with Crippen molar-refractivity contribution in [3.63, 3.8) is 0 Å². The third-order valence-electron chi connectivity index (χ3n) is 6.66. The van der Waals surface area contributed by atoms with Crippen molar-refractivity contribution in [2.24, 2.45) is 0 Å². The summed E-state index contributed by atoms with van der Waals surface area (Å²) in [7, 11) is 1.29. The highest BCUT2D eigenvalue weighted by Crippen LogP contribution is 2.43. The van der Waals surface area contributed by atoms with Crippen molar-refractivity contribution in [3.8, 4) is 5.75 Å². The van der Waals surface area contributed by atoms with E-state index in [1.807, 2.05) is 24.3 Å². The Hall–Kier alpha value is -3.69. The number of amides is 1. The first-order chi connectivity index (χ1) is 18.8. The van der Waals surface area contributed by atoms with E-state index in [2.05, 4.69) is 11.9 Å². The van der Waals surface area contributed by atoms with Crippen molar-refractivity contribution >= 4 is 50.9 Å². The van der Waals surface area contributed by atoms with Gasteiger partial charge in [-0.25, -0.2) is 9.78 Å². The molecule has 1 amide bonds. The van der Waals surface area contributed by atoms with E-state index in [9.17, 15) is 14.4 Å². The number of anilines is 1. The number of ether oxygens (including phenoxy) is 2. The average Bonchev–Trinajstić information content (AvgIpc) is 3.46. The largest absolute Gasteiger partial charge is 0.494 e. The molecule has 202 valence electrons. The molecule has 0 N–H and O–H groups in total. The molecule has 3 heterocycles. The maximum Gasteiger partial charge on any atom is 0.350 e. The van der Waals surface area contributed by atoms with Crippen LogP contribution in [0.25, 0.3) is 11.0 Å². The topological polar surface area (TPSA) is 98.9 Å². The zero-order chi connectivity index (χ0) is 27.7. The van der Waals surface area contributed by atoms with E-state index in [0.29, 0.717) is 28.6 Å². The molecule has 0 fully saturated rings. The van der Waals surface area contributed by atoms with Gasteiger partial charge in [0.1, 0.15) is 16.2 Å². The van der Waals surface area contributed by atoms with Gasteiger partial charge >= 0.3 is 5.97 Å². The molecule has 39 heavy (non-hydrogen) atoms. The van der Waals surface area contributed by atoms with Gasteiger partial charge in [-0.1, -0.05) is 61.3 Å². The SMILES string of the molecule is CCCCCCOc1ccc(C2c3c(oc4ccc(Cl)cc4c3=O)C(=O)N2c2nc(C)c(C(=O)OC)s2)cc1. The summed E-state index contributed by atoms with van der Waals surface area (Å²) in [6.07, 6.45) is 4.40. The van der Waals surface area contributed by atoms with Crippen molar-refractivity contribution in [3.05, 3.63) is 85.2 Å². The van der Waals surface area contributed by atoms with Crippen LogP contribution in [0.1, 0.15) is 75.7 Å². The van der Waals surface area contributed by atoms with Gasteiger partial charge in [0.15, 0.2) is 10.6 Å². The molecular weight excluding hydrogens is 540 g/mol. The van der Waals surface area contributed by atoms with Crippen LogP contribution in [0.2, 0.25) is 5.02 Å². The summed E-state index contributed by atoms with van der Waals surface area (Å²) in [5.41, 5.74) is 1.19. The van der Waals surface area contributed by atoms with Gasteiger partial charge in [0.05, 0.1) is 36.4 Å². The van der Waals surface area contributed by atoms with E-state index in [4.69, 9.17) is 25.5 Å². The van der Waals surface area contributed by atoms with Crippen LogP contribution in [0.5, 0.6) is 5.75 Å². The fourth-order valence-corrected chi connectivity index (χ4v) is 5.87. The minimum Gasteiger partial charge on any atom is -0.494 e. The lowest BCUT2D eigenvalue weighted by Gasteiger charge is -2.22. The molecule has 8 nitrogen and oxygen atoms in total. The Labute approximate surface area is 234 Å². The number of hydrogen-bond donors (Lipinski definition) is 0. The summed E-state index contributed by atoms with van der Waals surface area (Å²) < 4.78 is 16.7. The summed E-state index contributed by atoms with van der Waals surface area (Å²) in [5.74, 6) is -0.442. The number of thiazole rings is 1. The number of nitrogens with zero attached hydrogens (tertiary/aromatic N) is 2. The maximum atomic E-state index is 13.8. The molecule has 0 bridgehead atoms. The number of aromatic nitrogens is 1. The van der Waals surface area contributed by atoms with Gasteiger partial charge in [0, 0.05) is 5.02 Å². The lowest BCUT2D eigenvalue weighted by molar-refractivity contribution is 0.0605. The van der Waals surface area contributed by atoms with E-state index >= 15 is 0 Å². The molecule has 1 aliphatic rings. The van der Waals surface area contributed by atoms with Crippen molar-refractivity contribution in [2.45, 2.75) is 45.6 Å². The number of unbranched alkanes of at least 4 members (excludes halogenated alkanes) is 3. The first kappa shape index (κ1) is 26.9. The molecule has 0 aliphatic carbocycles. The summed E-state index contributed by atoms with van der Waals surface area (Å²) in [5, 5.41) is 0.914. The molecule has 5 rings (SSSR count). The normalized spacial score (nSPS) is 14.6. The number of methoxy groups -OCH3 is 1. The van der Waals surface area contributed by atoms with Gasteiger partial charge in [0.25, 0.3) is 5.91 Å². The summed E-state index contributed by atoms with van der Waals surface area (Å²) in [6, 6.07) is 11.2. The molecule has 4 aromatic rings. The Kier molecular flexibility index (Phi) is 7.72. The molecular formula is C29H27ClN2O6S. The lowest BCUT2D eigenvalue weighted by Crippen LogP contribution is -2.29. The van der Waals surface area contributed by atoms with Gasteiger partial charge in [-0.3, -0.25) is 14.5 Å². The monoisotopic (exact) mass is 566 g/mol. The number of hydrogen-bond acceptors (Lipinski definition) is 8. The minimum atomic E-state index is -0.832. The first-order valence-corrected chi connectivity index (χ1v) is 13.9. The van der Waals surface area contributed by atoms with Crippen LogP contribution >= 0.6 is 22.9 Å². The second-order valence-corrected chi connectivity index (χ2v) is 10.7. The van der Waals surface area contributed by atoms with Gasteiger partial charge in [-0.15, -0.1) is 0 Å². The molecule has 2 aromatic carbocycles. The highest BCUT2D eigenvalue weighted by atomic mass is 35.5. The van der Waals surface area contributed by atoms with Crippen LogP contribution in [-0.4, -0.2) is 30.6 Å². The fourth-order valence-electron chi connectivity index (χ4n) is 4.69. The van der Waals surface area contributed by atoms with E-state index < -0.39 is 17.9 Å². The summed E-state index contributed by atoms with van der Waals surface area (Å²) in [4.78, 5) is 46.0. The highest BCUT2D eigenvalue weighted by molar-refractivity contribution is 7.17. The Morgan fingerprint density at radius 2 is 1.90 bits per heavy atom. The van der Waals surface area contributed by atoms with Gasteiger partial charge in [-0.2, -0.15) is 0 Å².